The van der Waals surface area contributed by atoms with Crippen LogP contribution >= 0.6 is 11.6 Å². The monoisotopic (exact) mass is 457 g/mol. The predicted octanol–water partition coefficient (Wildman–Crippen LogP) is 4.62. The highest BCUT2D eigenvalue weighted by Gasteiger charge is 2.19. The smallest absolute Gasteiger partial charge is 0.296 e. The molecule has 7 nitrogen and oxygen atoms in total. The van der Waals surface area contributed by atoms with Gasteiger partial charge >= 0.3 is 0 Å². The van der Waals surface area contributed by atoms with Gasteiger partial charge in [0.15, 0.2) is 0 Å². The molecule has 33 heavy (non-hydrogen) atoms. The van der Waals surface area contributed by atoms with Crippen LogP contribution in [0.1, 0.15) is 27.3 Å². The zero-order chi connectivity index (χ0) is 23.1. The van der Waals surface area contributed by atoms with Crippen LogP contribution in [-0.2, 0) is 6.54 Å². The Bertz CT molecular complexity index is 1570. The normalized spacial score (nSPS) is 11.2. The first-order valence-corrected chi connectivity index (χ1v) is 10.8. The molecule has 5 rings (SSSR count). The first kappa shape index (κ1) is 20.9. The standard InChI is InChI=1S/C25H20ClN5O2/c1-15-3-10-19(11-4-15)27-24(32)22-28-23-25(33)30(14-17-6-8-18(26)9-7-17)21-13-16(2)5-12-20(21)31(23)29-22/h3-13H,14H2,1-2H3,(H,27,32). The summed E-state index contributed by atoms with van der Waals surface area (Å²) in [6.45, 7) is 4.27. The van der Waals surface area contributed by atoms with E-state index in [9.17, 15) is 9.59 Å². The fourth-order valence-electron chi connectivity index (χ4n) is 3.73. The molecule has 0 bridgehead atoms. The summed E-state index contributed by atoms with van der Waals surface area (Å²) in [5, 5.41) is 7.78. The van der Waals surface area contributed by atoms with Gasteiger partial charge in [-0.3, -0.25) is 14.2 Å². The van der Waals surface area contributed by atoms with E-state index in [4.69, 9.17) is 11.6 Å². The minimum atomic E-state index is -0.480. The van der Waals surface area contributed by atoms with Crippen LogP contribution in [0.3, 0.4) is 0 Å². The second-order valence-electron chi connectivity index (χ2n) is 8.00. The zero-order valence-corrected chi connectivity index (χ0v) is 18.8. The molecule has 0 atom stereocenters. The fourth-order valence-corrected chi connectivity index (χ4v) is 3.85. The lowest BCUT2D eigenvalue weighted by Gasteiger charge is -2.12. The molecule has 1 N–H and O–H groups in total. The highest BCUT2D eigenvalue weighted by Crippen LogP contribution is 2.18. The number of carbonyl (C=O) groups is 1. The molecular formula is C25H20ClN5O2. The van der Waals surface area contributed by atoms with Crippen molar-refractivity contribution in [1.82, 2.24) is 19.2 Å². The molecule has 2 heterocycles. The Kier molecular flexibility index (Phi) is 5.18. The number of carbonyl (C=O) groups excluding carboxylic acids is 1. The molecule has 2 aromatic heterocycles. The number of hydrogen-bond acceptors (Lipinski definition) is 4. The molecule has 1 amide bonds. The third-order valence-corrected chi connectivity index (χ3v) is 5.71. The second-order valence-corrected chi connectivity index (χ2v) is 8.44. The van der Waals surface area contributed by atoms with Crippen molar-refractivity contribution in [2.24, 2.45) is 0 Å². The van der Waals surface area contributed by atoms with Crippen LogP contribution in [-0.4, -0.2) is 25.1 Å². The number of nitrogens with zero attached hydrogens (tertiary/aromatic N) is 4. The van der Waals surface area contributed by atoms with E-state index in [0.717, 1.165) is 16.7 Å². The Balaban J connectivity index is 1.63. The van der Waals surface area contributed by atoms with E-state index in [-0.39, 0.29) is 17.0 Å². The summed E-state index contributed by atoms with van der Waals surface area (Å²) >= 11 is 6.01. The van der Waals surface area contributed by atoms with E-state index in [1.807, 2.05) is 56.3 Å². The number of aryl methyl sites for hydroxylation is 2. The summed E-state index contributed by atoms with van der Waals surface area (Å²) < 4.78 is 3.09. The Morgan fingerprint density at radius 2 is 1.64 bits per heavy atom. The molecule has 0 radical (unpaired) electrons. The lowest BCUT2D eigenvalue weighted by molar-refractivity contribution is 0.101. The van der Waals surface area contributed by atoms with Gasteiger partial charge in [-0.25, -0.2) is 4.52 Å². The molecule has 3 aromatic carbocycles. The van der Waals surface area contributed by atoms with Crippen LogP contribution in [0, 0.1) is 13.8 Å². The summed E-state index contributed by atoms with van der Waals surface area (Å²) in [5.74, 6) is -0.551. The predicted molar refractivity (Wildman–Crippen MR) is 129 cm³/mol. The second kappa shape index (κ2) is 8.18. The average Bonchev–Trinajstić information content (AvgIpc) is 3.25. The number of amides is 1. The van der Waals surface area contributed by atoms with E-state index >= 15 is 0 Å². The zero-order valence-electron chi connectivity index (χ0n) is 18.0. The topological polar surface area (TPSA) is 81.3 Å². The van der Waals surface area contributed by atoms with Gasteiger partial charge in [0, 0.05) is 10.7 Å². The number of rotatable bonds is 4. The van der Waals surface area contributed by atoms with E-state index in [1.165, 1.54) is 4.52 Å². The molecule has 0 spiro atoms. The van der Waals surface area contributed by atoms with Gasteiger partial charge in [-0.15, -0.1) is 5.10 Å². The van der Waals surface area contributed by atoms with Gasteiger partial charge in [0.1, 0.15) is 0 Å². The Morgan fingerprint density at radius 1 is 0.939 bits per heavy atom. The van der Waals surface area contributed by atoms with E-state index in [0.29, 0.717) is 28.3 Å². The molecule has 164 valence electrons. The molecule has 8 heteroatoms. The quantitative estimate of drug-likeness (QED) is 0.427. The van der Waals surface area contributed by atoms with Gasteiger partial charge in [0.2, 0.25) is 11.5 Å². The maximum absolute atomic E-state index is 13.4. The molecule has 0 fully saturated rings. The van der Waals surface area contributed by atoms with Crippen molar-refractivity contribution >= 4 is 39.9 Å². The summed E-state index contributed by atoms with van der Waals surface area (Å²) in [6.07, 6.45) is 0. The van der Waals surface area contributed by atoms with Gasteiger partial charge in [0.25, 0.3) is 11.5 Å². The Labute approximate surface area is 194 Å². The first-order chi connectivity index (χ1) is 15.9. The average molecular weight is 458 g/mol. The first-order valence-electron chi connectivity index (χ1n) is 10.4. The van der Waals surface area contributed by atoms with Crippen molar-refractivity contribution < 1.29 is 4.79 Å². The summed E-state index contributed by atoms with van der Waals surface area (Å²) in [4.78, 5) is 30.5. The van der Waals surface area contributed by atoms with Gasteiger partial charge in [-0.1, -0.05) is 47.5 Å². The summed E-state index contributed by atoms with van der Waals surface area (Å²) in [6, 6.07) is 20.5. The van der Waals surface area contributed by atoms with E-state index in [2.05, 4.69) is 15.4 Å². The van der Waals surface area contributed by atoms with Gasteiger partial charge in [-0.2, -0.15) is 4.98 Å². The number of fused-ring (bicyclic) bond motifs is 3. The van der Waals surface area contributed by atoms with Crippen LogP contribution in [0.5, 0.6) is 0 Å². The molecule has 0 saturated carbocycles. The highest BCUT2D eigenvalue weighted by molar-refractivity contribution is 6.30. The molecular weight excluding hydrogens is 438 g/mol. The Hall–Kier alpha value is -3.97. The van der Waals surface area contributed by atoms with Crippen LogP contribution in [0.2, 0.25) is 5.02 Å². The lowest BCUT2D eigenvalue weighted by Crippen LogP contribution is -2.24. The number of halogens is 1. The van der Waals surface area contributed by atoms with Crippen molar-refractivity contribution in [1.29, 1.82) is 0 Å². The van der Waals surface area contributed by atoms with Crippen molar-refractivity contribution in [2.75, 3.05) is 5.32 Å². The maximum atomic E-state index is 13.4. The lowest BCUT2D eigenvalue weighted by atomic mass is 10.2. The third-order valence-electron chi connectivity index (χ3n) is 5.46. The summed E-state index contributed by atoms with van der Waals surface area (Å²) in [5.41, 5.74) is 4.80. The van der Waals surface area contributed by atoms with E-state index in [1.54, 1.807) is 28.8 Å². The largest absolute Gasteiger partial charge is 0.319 e. The number of hydrogen-bond donors (Lipinski definition) is 1. The minimum Gasteiger partial charge on any atom is -0.319 e. The van der Waals surface area contributed by atoms with Crippen LogP contribution in [0.25, 0.3) is 16.7 Å². The van der Waals surface area contributed by atoms with Crippen molar-refractivity contribution in [2.45, 2.75) is 20.4 Å². The van der Waals surface area contributed by atoms with Crippen molar-refractivity contribution in [3.63, 3.8) is 0 Å². The third kappa shape index (κ3) is 3.99. The SMILES string of the molecule is Cc1ccc(NC(=O)c2nc3c(=O)n(Cc4ccc(Cl)cc4)c4cc(C)ccc4n3n2)cc1. The maximum Gasteiger partial charge on any atom is 0.296 e. The molecule has 0 unspecified atom stereocenters. The van der Waals surface area contributed by atoms with E-state index < -0.39 is 5.91 Å². The molecule has 0 saturated heterocycles. The van der Waals surface area contributed by atoms with Crippen LogP contribution in [0.15, 0.2) is 71.5 Å². The minimum absolute atomic E-state index is 0.0706. The van der Waals surface area contributed by atoms with Crippen LogP contribution < -0.4 is 10.9 Å². The molecule has 0 aliphatic heterocycles. The van der Waals surface area contributed by atoms with Crippen LogP contribution in [0.4, 0.5) is 5.69 Å². The molecule has 5 aromatic rings. The Morgan fingerprint density at radius 3 is 2.36 bits per heavy atom. The molecule has 0 aliphatic rings. The number of aromatic nitrogens is 4. The summed E-state index contributed by atoms with van der Waals surface area (Å²) in [7, 11) is 0. The molecule has 0 aliphatic carbocycles. The van der Waals surface area contributed by atoms with Crippen molar-refractivity contribution in [3.05, 3.63) is 105 Å². The van der Waals surface area contributed by atoms with Gasteiger partial charge in [-0.05, 0) is 61.4 Å². The highest BCUT2D eigenvalue weighted by atomic mass is 35.5. The van der Waals surface area contributed by atoms with Gasteiger partial charge in [0.05, 0.1) is 17.6 Å². The number of nitrogens with one attached hydrogen (secondary N) is 1. The number of anilines is 1. The number of benzene rings is 3. The van der Waals surface area contributed by atoms with Crippen molar-refractivity contribution in [3.8, 4) is 0 Å². The van der Waals surface area contributed by atoms with Gasteiger partial charge < -0.3 is 5.32 Å². The fraction of sp³-hybridized carbons (Fsp3) is 0.120.